The van der Waals surface area contributed by atoms with E-state index in [-0.39, 0.29) is 11.4 Å². The summed E-state index contributed by atoms with van der Waals surface area (Å²) in [6.07, 6.45) is 12.5. The molecule has 2 aliphatic rings. The number of benzene rings is 3. The van der Waals surface area contributed by atoms with E-state index in [1.54, 1.807) is 7.11 Å². The monoisotopic (exact) mass is 510 g/mol. The molecule has 0 aromatic heterocycles. The Bertz CT molecular complexity index is 1230. The first-order chi connectivity index (χ1) is 18.5. The van der Waals surface area contributed by atoms with Crippen LogP contribution in [0.4, 0.5) is 0 Å². The van der Waals surface area contributed by atoms with E-state index in [0.717, 1.165) is 18.6 Å². The maximum absolute atomic E-state index is 13.0. The van der Waals surface area contributed by atoms with Crippen molar-refractivity contribution in [3.8, 4) is 11.5 Å². The molecule has 0 amide bonds. The third-order valence-corrected chi connectivity index (χ3v) is 8.99. The zero-order chi connectivity index (χ0) is 26.5. The number of hydrogen-bond donors (Lipinski definition) is 0. The van der Waals surface area contributed by atoms with Crippen molar-refractivity contribution in [1.29, 1.82) is 0 Å². The smallest absolute Gasteiger partial charge is 0.343 e. The standard InChI is InChI=1S/C35H42O3/c1-35(2,28-19-21-32(37-3)30(23-28)25-13-7-4-8-14-25)29-20-22-33(31(24-29)26-15-9-5-10-16-26)38-34(36)27-17-11-6-12-18-27/h6,11-12,17-26H,4-5,7-10,13-16H2,1-3H3. The molecule has 3 nitrogen and oxygen atoms in total. The molecule has 3 aromatic carbocycles. The second-order valence-corrected chi connectivity index (χ2v) is 11.8. The Balaban J connectivity index is 1.50. The maximum Gasteiger partial charge on any atom is 0.343 e. The van der Waals surface area contributed by atoms with Gasteiger partial charge in [-0.3, -0.25) is 0 Å². The van der Waals surface area contributed by atoms with Gasteiger partial charge in [-0.2, -0.15) is 0 Å². The molecule has 0 spiro atoms. The summed E-state index contributed by atoms with van der Waals surface area (Å²) in [4.78, 5) is 13.0. The molecular weight excluding hydrogens is 468 g/mol. The fourth-order valence-electron chi connectivity index (χ4n) is 6.52. The Kier molecular flexibility index (Phi) is 8.21. The van der Waals surface area contributed by atoms with Crippen LogP contribution in [0.15, 0.2) is 66.7 Å². The summed E-state index contributed by atoms with van der Waals surface area (Å²) in [5.41, 5.74) is 5.50. The maximum atomic E-state index is 13.0. The molecule has 2 fully saturated rings. The van der Waals surface area contributed by atoms with E-state index < -0.39 is 0 Å². The molecule has 0 bridgehead atoms. The van der Waals surface area contributed by atoms with Crippen LogP contribution >= 0.6 is 0 Å². The van der Waals surface area contributed by atoms with Crippen molar-refractivity contribution in [2.45, 2.75) is 95.3 Å². The third-order valence-electron chi connectivity index (χ3n) is 8.99. The average molecular weight is 511 g/mol. The highest BCUT2D eigenvalue weighted by Gasteiger charge is 2.29. The highest BCUT2D eigenvalue weighted by molar-refractivity contribution is 5.91. The second-order valence-electron chi connectivity index (χ2n) is 11.8. The number of esters is 1. The fraction of sp³-hybridized carbons (Fsp3) is 0.457. The molecule has 0 radical (unpaired) electrons. The Morgan fingerprint density at radius 1 is 0.684 bits per heavy atom. The fourth-order valence-corrected chi connectivity index (χ4v) is 6.52. The predicted octanol–water partition coefficient (Wildman–Crippen LogP) is 9.34. The summed E-state index contributed by atoms with van der Waals surface area (Å²) in [5, 5.41) is 0. The van der Waals surface area contributed by atoms with Gasteiger partial charge in [-0.25, -0.2) is 4.79 Å². The van der Waals surface area contributed by atoms with Crippen molar-refractivity contribution >= 4 is 5.97 Å². The van der Waals surface area contributed by atoms with E-state index in [2.05, 4.69) is 44.2 Å². The van der Waals surface area contributed by atoms with E-state index in [9.17, 15) is 4.79 Å². The zero-order valence-electron chi connectivity index (χ0n) is 23.3. The molecule has 0 aliphatic heterocycles. The van der Waals surface area contributed by atoms with Gasteiger partial charge in [0.15, 0.2) is 0 Å². The largest absolute Gasteiger partial charge is 0.496 e. The minimum atomic E-state index is -0.290. The lowest BCUT2D eigenvalue weighted by atomic mass is 9.74. The summed E-state index contributed by atoms with van der Waals surface area (Å²) in [7, 11) is 1.79. The molecule has 5 rings (SSSR count). The van der Waals surface area contributed by atoms with Crippen molar-refractivity contribution in [1.82, 2.24) is 0 Å². The van der Waals surface area contributed by atoms with Crippen LogP contribution in [0.2, 0.25) is 0 Å². The van der Waals surface area contributed by atoms with Crippen LogP contribution in [0.1, 0.15) is 123 Å². The van der Waals surface area contributed by atoms with Crippen molar-refractivity contribution in [2.24, 2.45) is 0 Å². The van der Waals surface area contributed by atoms with Crippen LogP contribution in [0.3, 0.4) is 0 Å². The second kappa shape index (κ2) is 11.8. The molecular formula is C35H42O3. The molecule has 200 valence electrons. The molecule has 0 heterocycles. The van der Waals surface area contributed by atoms with Gasteiger partial charge >= 0.3 is 5.97 Å². The average Bonchev–Trinajstić information content (AvgIpc) is 2.98. The van der Waals surface area contributed by atoms with E-state index in [0.29, 0.717) is 23.1 Å². The van der Waals surface area contributed by atoms with Crippen LogP contribution in [-0.4, -0.2) is 13.1 Å². The summed E-state index contributed by atoms with van der Waals surface area (Å²) < 4.78 is 11.8. The quantitative estimate of drug-likeness (QED) is 0.235. The number of hydrogen-bond acceptors (Lipinski definition) is 3. The van der Waals surface area contributed by atoms with Crippen LogP contribution in [0, 0.1) is 0 Å². The van der Waals surface area contributed by atoms with Crippen molar-refractivity contribution in [3.05, 3.63) is 94.5 Å². The van der Waals surface area contributed by atoms with E-state index >= 15 is 0 Å². The molecule has 0 N–H and O–H groups in total. The molecule has 0 unspecified atom stereocenters. The molecule has 38 heavy (non-hydrogen) atoms. The summed E-state index contributed by atoms with van der Waals surface area (Å²) in [6, 6.07) is 22.6. The zero-order valence-corrected chi connectivity index (χ0v) is 23.3. The molecule has 3 aromatic rings. The van der Waals surface area contributed by atoms with Crippen molar-refractivity contribution in [2.75, 3.05) is 7.11 Å². The Morgan fingerprint density at radius 2 is 1.18 bits per heavy atom. The van der Waals surface area contributed by atoms with E-state index in [1.807, 2.05) is 36.4 Å². The van der Waals surface area contributed by atoms with Gasteiger partial charge in [0.05, 0.1) is 12.7 Å². The highest BCUT2D eigenvalue weighted by Crippen LogP contribution is 2.44. The first kappa shape index (κ1) is 26.5. The molecule has 2 aliphatic carbocycles. The number of methoxy groups -OCH3 is 1. The minimum absolute atomic E-state index is 0.193. The van der Waals surface area contributed by atoms with Crippen molar-refractivity contribution < 1.29 is 14.3 Å². The van der Waals surface area contributed by atoms with Gasteiger partial charge in [0.2, 0.25) is 0 Å². The topological polar surface area (TPSA) is 35.5 Å². The number of rotatable bonds is 7. The molecule has 0 atom stereocenters. The minimum Gasteiger partial charge on any atom is -0.496 e. The van der Waals surface area contributed by atoms with Gasteiger partial charge in [0, 0.05) is 5.41 Å². The summed E-state index contributed by atoms with van der Waals surface area (Å²) in [5.74, 6) is 2.44. The molecule has 0 saturated heterocycles. The van der Waals surface area contributed by atoms with Crippen LogP contribution in [-0.2, 0) is 5.41 Å². The number of carbonyl (C=O) groups excluding carboxylic acids is 1. The van der Waals surface area contributed by atoms with E-state index in [1.165, 1.54) is 73.6 Å². The lowest BCUT2D eigenvalue weighted by Crippen LogP contribution is -2.21. The Hall–Kier alpha value is -3.07. The van der Waals surface area contributed by atoms with Gasteiger partial charge in [0.25, 0.3) is 0 Å². The normalized spacial score (nSPS) is 17.2. The van der Waals surface area contributed by atoms with Gasteiger partial charge in [-0.1, -0.05) is 94.8 Å². The summed E-state index contributed by atoms with van der Waals surface area (Å²) in [6.45, 7) is 4.63. The first-order valence-corrected chi connectivity index (χ1v) is 14.6. The third kappa shape index (κ3) is 5.67. The van der Waals surface area contributed by atoms with Gasteiger partial charge in [0.1, 0.15) is 11.5 Å². The Morgan fingerprint density at radius 3 is 1.71 bits per heavy atom. The van der Waals surface area contributed by atoms with Crippen LogP contribution < -0.4 is 9.47 Å². The van der Waals surface area contributed by atoms with Crippen molar-refractivity contribution in [3.63, 3.8) is 0 Å². The number of ether oxygens (including phenoxy) is 2. The highest BCUT2D eigenvalue weighted by atomic mass is 16.5. The lowest BCUT2D eigenvalue weighted by molar-refractivity contribution is 0.0732. The van der Waals surface area contributed by atoms with Crippen LogP contribution in [0.25, 0.3) is 0 Å². The Labute approximate surface area is 228 Å². The lowest BCUT2D eigenvalue weighted by Gasteiger charge is -2.31. The molecule has 3 heteroatoms. The SMILES string of the molecule is COc1ccc(C(C)(C)c2ccc(OC(=O)c3ccccc3)c(C3CCCCC3)c2)cc1C1CCCCC1. The predicted molar refractivity (Wildman–Crippen MR) is 155 cm³/mol. The number of carbonyl (C=O) groups is 1. The summed E-state index contributed by atoms with van der Waals surface area (Å²) >= 11 is 0. The van der Waals surface area contributed by atoms with Gasteiger partial charge < -0.3 is 9.47 Å². The van der Waals surface area contributed by atoms with Crippen LogP contribution in [0.5, 0.6) is 11.5 Å². The van der Waals surface area contributed by atoms with Gasteiger partial charge in [-0.05, 0) is 84.0 Å². The first-order valence-electron chi connectivity index (χ1n) is 14.6. The van der Waals surface area contributed by atoms with Gasteiger partial charge in [-0.15, -0.1) is 0 Å². The molecule has 2 saturated carbocycles. The van der Waals surface area contributed by atoms with E-state index in [4.69, 9.17) is 9.47 Å².